The van der Waals surface area contributed by atoms with E-state index < -0.39 is 17.9 Å². The molecular formula is C14H20N2O5. The standard InChI is InChI=1S/C14H20N2O5/c1-2-3-11(14(19)20)15-12(17)9-8-10(9)13(18)16-4-6-21-7-5-16/h2,9-11H,1,3-8H2,(H,15,17)(H,19,20)/t9?,10?,11-/m0/s1. The van der Waals surface area contributed by atoms with Gasteiger partial charge in [-0.2, -0.15) is 0 Å². The van der Waals surface area contributed by atoms with Crippen LogP contribution in [-0.4, -0.2) is 60.1 Å². The van der Waals surface area contributed by atoms with Crippen LogP contribution in [-0.2, 0) is 19.1 Å². The topological polar surface area (TPSA) is 95.9 Å². The van der Waals surface area contributed by atoms with Gasteiger partial charge < -0.3 is 20.1 Å². The lowest BCUT2D eigenvalue weighted by Crippen LogP contribution is -2.44. The van der Waals surface area contributed by atoms with Gasteiger partial charge in [0.1, 0.15) is 6.04 Å². The second-order valence-corrected chi connectivity index (χ2v) is 5.31. The lowest BCUT2D eigenvalue weighted by atomic mass is 10.2. The highest BCUT2D eigenvalue weighted by Gasteiger charge is 2.50. The lowest BCUT2D eigenvalue weighted by Gasteiger charge is -2.27. The Morgan fingerprint density at radius 3 is 2.57 bits per heavy atom. The minimum atomic E-state index is -1.10. The number of carbonyl (C=O) groups excluding carboxylic acids is 2. The highest BCUT2D eigenvalue weighted by molar-refractivity contribution is 5.94. The van der Waals surface area contributed by atoms with Crippen molar-refractivity contribution in [1.29, 1.82) is 0 Å². The van der Waals surface area contributed by atoms with E-state index in [4.69, 9.17) is 9.84 Å². The number of carboxylic acid groups (broad SMARTS) is 1. The van der Waals surface area contributed by atoms with Gasteiger partial charge in [-0.3, -0.25) is 9.59 Å². The first kappa shape index (κ1) is 15.5. The normalized spacial score (nSPS) is 25.8. The monoisotopic (exact) mass is 296 g/mol. The summed E-state index contributed by atoms with van der Waals surface area (Å²) in [4.78, 5) is 36.9. The highest BCUT2D eigenvalue weighted by Crippen LogP contribution is 2.40. The van der Waals surface area contributed by atoms with E-state index in [1.807, 2.05) is 0 Å². The van der Waals surface area contributed by atoms with Crippen LogP contribution in [0.3, 0.4) is 0 Å². The number of hydrogen-bond acceptors (Lipinski definition) is 4. The molecule has 7 heteroatoms. The second-order valence-electron chi connectivity index (χ2n) is 5.31. The van der Waals surface area contributed by atoms with Crippen molar-refractivity contribution in [1.82, 2.24) is 10.2 Å². The van der Waals surface area contributed by atoms with Crippen molar-refractivity contribution in [3.63, 3.8) is 0 Å². The number of morpholine rings is 1. The van der Waals surface area contributed by atoms with Crippen LogP contribution >= 0.6 is 0 Å². The maximum absolute atomic E-state index is 12.2. The molecule has 0 spiro atoms. The van der Waals surface area contributed by atoms with E-state index in [1.165, 1.54) is 6.08 Å². The van der Waals surface area contributed by atoms with Gasteiger partial charge in [-0.15, -0.1) is 6.58 Å². The molecule has 7 nitrogen and oxygen atoms in total. The van der Waals surface area contributed by atoms with Crippen molar-refractivity contribution < 1.29 is 24.2 Å². The zero-order valence-corrected chi connectivity index (χ0v) is 11.8. The number of ether oxygens (including phenoxy) is 1. The molecule has 2 rings (SSSR count). The number of hydrogen-bond donors (Lipinski definition) is 2. The summed E-state index contributed by atoms with van der Waals surface area (Å²) in [6.45, 7) is 5.62. The van der Waals surface area contributed by atoms with Gasteiger partial charge in [-0.05, 0) is 12.8 Å². The molecule has 0 bridgehead atoms. The van der Waals surface area contributed by atoms with E-state index >= 15 is 0 Å². The van der Waals surface area contributed by atoms with E-state index in [9.17, 15) is 14.4 Å². The van der Waals surface area contributed by atoms with Crippen molar-refractivity contribution >= 4 is 17.8 Å². The third kappa shape index (κ3) is 3.81. The first-order valence-corrected chi connectivity index (χ1v) is 7.05. The van der Waals surface area contributed by atoms with Crippen LogP contribution in [0.2, 0.25) is 0 Å². The molecule has 1 aliphatic heterocycles. The minimum Gasteiger partial charge on any atom is -0.480 e. The summed E-state index contributed by atoms with van der Waals surface area (Å²) in [5, 5.41) is 11.4. The molecule has 0 aromatic rings. The van der Waals surface area contributed by atoms with E-state index in [1.54, 1.807) is 4.90 Å². The molecule has 1 saturated heterocycles. The summed E-state index contributed by atoms with van der Waals surface area (Å²) in [5.41, 5.74) is 0. The third-order valence-electron chi connectivity index (χ3n) is 3.78. The first-order chi connectivity index (χ1) is 10.0. The molecule has 0 aromatic heterocycles. The molecule has 1 aliphatic carbocycles. The summed E-state index contributed by atoms with van der Waals surface area (Å²) >= 11 is 0. The van der Waals surface area contributed by atoms with Crippen molar-refractivity contribution in [3.8, 4) is 0 Å². The van der Waals surface area contributed by atoms with Crippen molar-refractivity contribution in [2.75, 3.05) is 26.3 Å². The van der Waals surface area contributed by atoms with E-state index in [-0.39, 0.29) is 24.2 Å². The summed E-state index contributed by atoms with van der Waals surface area (Å²) < 4.78 is 5.18. The molecule has 2 fully saturated rings. The van der Waals surface area contributed by atoms with Gasteiger partial charge in [-0.25, -0.2) is 4.79 Å². The highest BCUT2D eigenvalue weighted by atomic mass is 16.5. The number of rotatable bonds is 6. The minimum absolute atomic E-state index is 0.0333. The number of aliphatic carboxylic acids is 1. The molecule has 21 heavy (non-hydrogen) atoms. The van der Waals surface area contributed by atoms with Gasteiger partial charge in [0.15, 0.2) is 0 Å². The maximum Gasteiger partial charge on any atom is 0.326 e. The third-order valence-corrected chi connectivity index (χ3v) is 3.78. The molecule has 1 saturated carbocycles. The Balaban J connectivity index is 1.84. The molecule has 2 N–H and O–H groups in total. The largest absolute Gasteiger partial charge is 0.480 e. The quantitative estimate of drug-likeness (QED) is 0.652. The fourth-order valence-corrected chi connectivity index (χ4v) is 2.44. The Morgan fingerprint density at radius 2 is 2.00 bits per heavy atom. The van der Waals surface area contributed by atoms with Gasteiger partial charge >= 0.3 is 5.97 Å². The fraction of sp³-hybridized carbons (Fsp3) is 0.643. The number of nitrogens with zero attached hydrogens (tertiary/aromatic N) is 1. The molecule has 2 amide bonds. The fourth-order valence-electron chi connectivity index (χ4n) is 2.44. The number of nitrogens with one attached hydrogen (secondary N) is 1. The lowest BCUT2D eigenvalue weighted by molar-refractivity contribution is -0.142. The van der Waals surface area contributed by atoms with Crippen LogP contribution in [0.25, 0.3) is 0 Å². The average Bonchev–Trinajstić information content (AvgIpc) is 3.27. The summed E-state index contributed by atoms with van der Waals surface area (Å²) in [6, 6.07) is -0.977. The van der Waals surface area contributed by atoms with Crippen molar-refractivity contribution in [2.24, 2.45) is 11.8 Å². The predicted molar refractivity (Wildman–Crippen MR) is 73.4 cm³/mol. The zero-order valence-electron chi connectivity index (χ0n) is 11.8. The Labute approximate surface area is 122 Å². The zero-order chi connectivity index (χ0) is 15.4. The van der Waals surface area contributed by atoms with Crippen LogP contribution in [0.1, 0.15) is 12.8 Å². The summed E-state index contributed by atoms with van der Waals surface area (Å²) in [6.07, 6.45) is 2.10. The summed E-state index contributed by atoms with van der Waals surface area (Å²) in [7, 11) is 0. The van der Waals surface area contributed by atoms with Gasteiger partial charge in [-0.1, -0.05) is 6.08 Å². The maximum atomic E-state index is 12.2. The Bertz CT molecular complexity index is 445. The molecule has 0 radical (unpaired) electrons. The van der Waals surface area contributed by atoms with Crippen molar-refractivity contribution in [2.45, 2.75) is 18.9 Å². The molecule has 0 aromatic carbocycles. The first-order valence-electron chi connectivity index (χ1n) is 7.05. The van der Waals surface area contributed by atoms with Crippen LogP contribution < -0.4 is 5.32 Å². The van der Waals surface area contributed by atoms with Crippen LogP contribution in [0.4, 0.5) is 0 Å². The molecule has 116 valence electrons. The van der Waals surface area contributed by atoms with E-state index in [0.29, 0.717) is 32.7 Å². The predicted octanol–water partition coefficient (Wildman–Crippen LogP) is -0.373. The van der Waals surface area contributed by atoms with Crippen LogP contribution in [0.15, 0.2) is 12.7 Å². The molecule has 2 unspecified atom stereocenters. The van der Waals surface area contributed by atoms with Gasteiger partial charge in [0.05, 0.1) is 25.0 Å². The number of amides is 2. The molecule has 3 atom stereocenters. The van der Waals surface area contributed by atoms with Gasteiger partial charge in [0.2, 0.25) is 11.8 Å². The van der Waals surface area contributed by atoms with Crippen molar-refractivity contribution in [3.05, 3.63) is 12.7 Å². The van der Waals surface area contributed by atoms with Crippen LogP contribution in [0.5, 0.6) is 0 Å². The summed E-state index contributed by atoms with van der Waals surface area (Å²) in [5.74, 6) is -2.22. The number of carboxylic acids is 1. The Morgan fingerprint density at radius 1 is 1.33 bits per heavy atom. The molecule has 2 aliphatic rings. The average molecular weight is 296 g/mol. The second kappa shape index (κ2) is 6.71. The van der Waals surface area contributed by atoms with Crippen LogP contribution in [0, 0.1) is 11.8 Å². The van der Waals surface area contributed by atoms with E-state index in [0.717, 1.165) is 0 Å². The molecule has 1 heterocycles. The smallest absolute Gasteiger partial charge is 0.326 e. The van der Waals surface area contributed by atoms with Gasteiger partial charge in [0, 0.05) is 13.1 Å². The van der Waals surface area contributed by atoms with Gasteiger partial charge in [0.25, 0.3) is 0 Å². The number of carbonyl (C=O) groups is 3. The molecular weight excluding hydrogens is 276 g/mol. The Hall–Kier alpha value is -1.89. The SMILES string of the molecule is C=CC[C@H](NC(=O)C1CC1C(=O)N1CCOCC1)C(=O)O. The van der Waals surface area contributed by atoms with E-state index in [2.05, 4.69) is 11.9 Å². The Kier molecular flexibility index (Phi) is 4.95.